The number of aliphatic hydroxyl groups is 1. The van der Waals surface area contributed by atoms with Gasteiger partial charge in [0.1, 0.15) is 0 Å². The molecular formula is C10H12N2O4. The third-order valence-electron chi connectivity index (χ3n) is 1.95. The van der Waals surface area contributed by atoms with Crippen molar-refractivity contribution in [3.05, 3.63) is 29.8 Å². The van der Waals surface area contributed by atoms with Crippen LogP contribution in [0.3, 0.4) is 0 Å². The van der Waals surface area contributed by atoms with Gasteiger partial charge in [-0.1, -0.05) is 12.1 Å². The minimum absolute atomic E-state index is 0.250. The average molecular weight is 224 g/mol. The summed E-state index contributed by atoms with van der Waals surface area (Å²) in [5, 5.41) is 19.6. The predicted molar refractivity (Wildman–Crippen MR) is 56.8 cm³/mol. The summed E-state index contributed by atoms with van der Waals surface area (Å²) < 4.78 is 0. The topological polar surface area (TPSA) is 113 Å². The summed E-state index contributed by atoms with van der Waals surface area (Å²) in [5.74, 6) is -1.90. The Bertz CT molecular complexity index is 406. The molecule has 1 aromatic rings. The zero-order chi connectivity index (χ0) is 12.1. The molecule has 0 bridgehead atoms. The highest BCUT2D eigenvalue weighted by Gasteiger charge is 2.15. The van der Waals surface area contributed by atoms with Crippen LogP contribution >= 0.6 is 0 Å². The fraction of sp³-hybridized carbons (Fsp3) is 0.200. The number of aliphatic hydroxyl groups excluding tert-OH is 1. The molecule has 1 rings (SSSR count). The van der Waals surface area contributed by atoms with Crippen LogP contribution in [0.25, 0.3) is 0 Å². The Morgan fingerprint density at radius 3 is 2.56 bits per heavy atom. The molecule has 86 valence electrons. The maximum atomic E-state index is 11.5. The maximum Gasteiger partial charge on any atom is 0.334 e. The van der Waals surface area contributed by atoms with Crippen LogP contribution in [0.5, 0.6) is 0 Å². The molecule has 1 amide bonds. The summed E-state index contributed by atoms with van der Waals surface area (Å²) in [5.41, 5.74) is 6.09. The Labute approximate surface area is 91.7 Å². The van der Waals surface area contributed by atoms with E-state index < -0.39 is 18.0 Å². The lowest BCUT2D eigenvalue weighted by Crippen LogP contribution is -2.36. The van der Waals surface area contributed by atoms with Gasteiger partial charge in [0.2, 0.25) is 0 Å². The van der Waals surface area contributed by atoms with E-state index in [1.54, 1.807) is 18.2 Å². The third kappa shape index (κ3) is 2.96. The molecular weight excluding hydrogens is 212 g/mol. The monoisotopic (exact) mass is 224 g/mol. The first-order valence-corrected chi connectivity index (χ1v) is 4.56. The van der Waals surface area contributed by atoms with Gasteiger partial charge < -0.3 is 21.3 Å². The largest absolute Gasteiger partial charge is 0.479 e. The van der Waals surface area contributed by atoms with Gasteiger partial charge in [-0.25, -0.2) is 4.79 Å². The molecule has 6 nitrogen and oxygen atoms in total. The van der Waals surface area contributed by atoms with Gasteiger partial charge in [-0.15, -0.1) is 0 Å². The van der Waals surface area contributed by atoms with Gasteiger partial charge in [0.25, 0.3) is 5.91 Å². The van der Waals surface area contributed by atoms with Crippen LogP contribution in [0.2, 0.25) is 0 Å². The second-order valence-corrected chi connectivity index (χ2v) is 3.15. The van der Waals surface area contributed by atoms with Crippen molar-refractivity contribution in [2.75, 3.05) is 12.3 Å². The number of carboxylic acid groups (broad SMARTS) is 1. The van der Waals surface area contributed by atoms with E-state index in [-0.39, 0.29) is 12.1 Å². The van der Waals surface area contributed by atoms with Crippen LogP contribution in [0.1, 0.15) is 10.4 Å². The molecule has 0 aliphatic heterocycles. The fourth-order valence-electron chi connectivity index (χ4n) is 1.08. The van der Waals surface area contributed by atoms with Crippen molar-refractivity contribution in [1.29, 1.82) is 0 Å². The van der Waals surface area contributed by atoms with Gasteiger partial charge in [0.05, 0.1) is 12.1 Å². The smallest absolute Gasteiger partial charge is 0.334 e. The molecule has 0 radical (unpaired) electrons. The minimum Gasteiger partial charge on any atom is -0.479 e. The van der Waals surface area contributed by atoms with Gasteiger partial charge in [0.15, 0.2) is 6.10 Å². The molecule has 0 fully saturated rings. The number of nitrogens with one attached hydrogen (secondary N) is 1. The van der Waals surface area contributed by atoms with Gasteiger partial charge in [0, 0.05) is 5.69 Å². The Balaban J connectivity index is 2.60. The van der Waals surface area contributed by atoms with E-state index >= 15 is 0 Å². The number of nitrogens with two attached hydrogens (primary N) is 1. The van der Waals surface area contributed by atoms with E-state index in [9.17, 15) is 9.59 Å². The summed E-state index contributed by atoms with van der Waals surface area (Å²) in [6, 6.07) is 6.39. The molecule has 0 aliphatic rings. The van der Waals surface area contributed by atoms with Gasteiger partial charge in [-0.3, -0.25) is 4.79 Å². The number of para-hydroxylation sites is 1. The lowest BCUT2D eigenvalue weighted by Gasteiger charge is -2.08. The Morgan fingerprint density at radius 1 is 1.38 bits per heavy atom. The minimum atomic E-state index is -1.62. The number of carbonyl (C=O) groups excluding carboxylic acids is 1. The zero-order valence-corrected chi connectivity index (χ0v) is 8.38. The first kappa shape index (κ1) is 12.0. The molecule has 1 aromatic carbocycles. The number of hydrogen-bond donors (Lipinski definition) is 4. The highest BCUT2D eigenvalue weighted by atomic mass is 16.4. The summed E-state index contributed by atoms with van der Waals surface area (Å²) >= 11 is 0. The lowest BCUT2D eigenvalue weighted by atomic mass is 10.1. The summed E-state index contributed by atoms with van der Waals surface area (Å²) in [7, 11) is 0. The van der Waals surface area contributed by atoms with E-state index in [4.69, 9.17) is 15.9 Å². The number of aliphatic carboxylic acids is 1. The first-order chi connectivity index (χ1) is 7.52. The van der Waals surface area contributed by atoms with Crippen molar-refractivity contribution in [3.8, 4) is 0 Å². The van der Waals surface area contributed by atoms with Crippen molar-refractivity contribution in [2.24, 2.45) is 0 Å². The molecule has 16 heavy (non-hydrogen) atoms. The number of carboxylic acids is 1. The maximum absolute atomic E-state index is 11.5. The Hall–Kier alpha value is -2.08. The van der Waals surface area contributed by atoms with Crippen molar-refractivity contribution in [1.82, 2.24) is 5.32 Å². The van der Waals surface area contributed by atoms with Crippen molar-refractivity contribution in [2.45, 2.75) is 6.10 Å². The average Bonchev–Trinajstić information content (AvgIpc) is 2.25. The highest BCUT2D eigenvalue weighted by molar-refractivity contribution is 5.99. The summed E-state index contributed by atoms with van der Waals surface area (Å²) in [6.07, 6.45) is -1.62. The first-order valence-electron chi connectivity index (χ1n) is 4.56. The van der Waals surface area contributed by atoms with Crippen LogP contribution in [-0.2, 0) is 4.79 Å². The molecule has 0 aliphatic carbocycles. The fourth-order valence-corrected chi connectivity index (χ4v) is 1.08. The number of anilines is 1. The third-order valence-corrected chi connectivity index (χ3v) is 1.95. The van der Waals surface area contributed by atoms with E-state index in [0.717, 1.165) is 0 Å². The molecule has 0 aromatic heterocycles. The molecule has 0 saturated carbocycles. The quantitative estimate of drug-likeness (QED) is 0.512. The van der Waals surface area contributed by atoms with Gasteiger partial charge in [-0.2, -0.15) is 0 Å². The number of benzene rings is 1. The molecule has 0 spiro atoms. The normalized spacial score (nSPS) is 11.8. The summed E-state index contributed by atoms with van der Waals surface area (Å²) in [4.78, 5) is 21.8. The van der Waals surface area contributed by atoms with Gasteiger partial charge in [-0.05, 0) is 12.1 Å². The Kier molecular flexibility index (Phi) is 3.84. The van der Waals surface area contributed by atoms with Crippen LogP contribution in [0.4, 0.5) is 5.69 Å². The molecule has 0 unspecified atom stereocenters. The van der Waals surface area contributed by atoms with E-state index in [2.05, 4.69) is 5.32 Å². The second-order valence-electron chi connectivity index (χ2n) is 3.15. The van der Waals surface area contributed by atoms with Gasteiger partial charge >= 0.3 is 5.97 Å². The molecule has 5 N–H and O–H groups in total. The number of rotatable bonds is 4. The van der Waals surface area contributed by atoms with Crippen molar-refractivity contribution in [3.63, 3.8) is 0 Å². The Morgan fingerprint density at radius 2 is 2.00 bits per heavy atom. The number of amides is 1. The number of hydrogen-bond acceptors (Lipinski definition) is 4. The van der Waals surface area contributed by atoms with Crippen LogP contribution in [0.15, 0.2) is 24.3 Å². The molecule has 1 atom stereocenters. The lowest BCUT2D eigenvalue weighted by molar-refractivity contribution is -0.146. The zero-order valence-electron chi connectivity index (χ0n) is 8.38. The van der Waals surface area contributed by atoms with Crippen LogP contribution in [-0.4, -0.2) is 34.7 Å². The van der Waals surface area contributed by atoms with Crippen LogP contribution in [0, 0.1) is 0 Å². The van der Waals surface area contributed by atoms with Crippen molar-refractivity contribution < 1.29 is 19.8 Å². The van der Waals surface area contributed by atoms with E-state index in [1.807, 2.05) is 0 Å². The standard InChI is InChI=1S/C10H12N2O4/c11-7-4-2-1-3-6(7)9(14)12-5-8(13)10(15)16/h1-4,8,13H,5,11H2,(H,12,14)(H,15,16)/t8-/m0/s1. The SMILES string of the molecule is Nc1ccccc1C(=O)NC[C@H](O)C(=O)O. The highest BCUT2D eigenvalue weighted by Crippen LogP contribution is 2.09. The number of carbonyl (C=O) groups is 2. The van der Waals surface area contributed by atoms with E-state index in [0.29, 0.717) is 5.69 Å². The molecule has 0 heterocycles. The summed E-state index contributed by atoms with van der Waals surface area (Å²) in [6.45, 7) is -0.359. The van der Waals surface area contributed by atoms with Crippen molar-refractivity contribution >= 4 is 17.6 Å². The molecule has 0 saturated heterocycles. The van der Waals surface area contributed by atoms with Crippen LogP contribution < -0.4 is 11.1 Å². The van der Waals surface area contributed by atoms with E-state index in [1.165, 1.54) is 6.07 Å². The predicted octanol–water partition coefficient (Wildman–Crippen LogP) is -0.556. The molecule has 6 heteroatoms. The number of nitrogen functional groups attached to an aromatic ring is 1. The second kappa shape index (κ2) is 5.13.